The second-order valence-electron chi connectivity index (χ2n) is 4.27. The molecular weight excluding hydrogens is 248 g/mol. The summed E-state index contributed by atoms with van der Waals surface area (Å²) in [5.74, 6) is 8.63. The molecule has 0 aromatic heterocycles. The van der Waals surface area contributed by atoms with Crippen LogP contribution in [0.2, 0.25) is 0 Å². The van der Waals surface area contributed by atoms with Crippen molar-refractivity contribution < 1.29 is 9.47 Å². The van der Waals surface area contributed by atoms with Gasteiger partial charge in [0.15, 0.2) is 0 Å². The lowest BCUT2D eigenvalue weighted by Crippen LogP contribution is -2.49. The smallest absolute Gasteiger partial charge is 0.122 e. The van der Waals surface area contributed by atoms with E-state index in [1.807, 2.05) is 30.0 Å². The number of nitrogens with one attached hydrogen (secondary N) is 1. The SMILES string of the molecule is COc1ccccc1CC(NN)C1CSCCO1. The van der Waals surface area contributed by atoms with Crippen molar-refractivity contribution in [3.63, 3.8) is 0 Å². The molecule has 1 heterocycles. The van der Waals surface area contributed by atoms with Crippen LogP contribution in [0.5, 0.6) is 5.75 Å². The summed E-state index contributed by atoms with van der Waals surface area (Å²) in [6.45, 7) is 0.805. The zero-order valence-electron chi connectivity index (χ0n) is 10.6. The Bertz CT molecular complexity index is 370. The second-order valence-corrected chi connectivity index (χ2v) is 5.42. The maximum Gasteiger partial charge on any atom is 0.122 e. The normalized spacial score (nSPS) is 21.6. The van der Waals surface area contributed by atoms with Crippen molar-refractivity contribution in [1.29, 1.82) is 0 Å². The molecule has 18 heavy (non-hydrogen) atoms. The van der Waals surface area contributed by atoms with Crippen molar-refractivity contribution >= 4 is 11.8 Å². The summed E-state index contributed by atoms with van der Waals surface area (Å²) in [7, 11) is 1.69. The van der Waals surface area contributed by atoms with Crippen molar-refractivity contribution in [2.24, 2.45) is 5.84 Å². The van der Waals surface area contributed by atoms with Gasteiger partial charge in [0.2, 0.25) is 0 Å². The van der Waals surface area contributed by atoms with Gasteiger partial charge >= 0.3 is 0 Å². The maximum absolute atomic E-state index is 5.77. The number of hydrazine groups is 1. The number of nitrogens with two attached hydrogens (primary N) is 1. The molecule has 0 aliphatic carbocycles. The summed E-state index contributed by atoms with van der Waals surface area (Å²) in [6, 6.07) is 8.15. The minimum atomic E-state index is 0.120. The van der Waals surface area contributed by atoms with Crippen LogP contribution < -0.4 is 16.0 Å². The van der Waals surface area contributed by atoms with Crippen LogP contribution in [0, 0.1) is 0 Å². The monoisotopic (exact) mass is 268 g/mol. The van der Waals surface area contributed by atoms with Crippen LogP contribution in [-0.2, 0) is 11.2 Å². The minimum Gasteiger partial charge on any atom is -0.496 e. The van der Waals surface area contributed by atoms with Crippen LogP contribution in [0.25, 0.3) is 0 Å². The van der Waals surface area contributed by atoms with Crippen LogP contribution in [0.1, 0.15) is 5.56 Å². The molecule has 1 saturated heterocycles. The first-order valence-electron chi connectivity index (χ1n) is 6.12. The summed E-state index contributed by atoms with van der Waals surface area (Å²) in [4.78, 5) is 0. The molecule has 0 radical (unpaired) electrons. The molecule has 1 aromatic rings. The van der Waals surface area contributed by atoms with E-state index in [9.17, 15) is 0 Å². The number of rotatable bonds is 5. The van der Waals surface area contributed by atoms with Gasteiger partial charge in [0.05, 0.1) is 25.9 Å². The number of methoxy groups -OCH3 is 1. The van der Waals surface area contributed by atoms with Gasteiger partial charge in [0.25, 0.3) is 0 Å². The lowest BCUT2D eigenvalue weighted by molar-refractivity contribution is 0.0470. The number of ether oxygens (including phenoxy) is 2. The van der Waals surface area contributed by atoms with Gasteiger partial charge in [-0.05, 0) is 18.1 Å². The highest BCUT2D eigenvalue weighted by Gasteiger charge is 2.24. The fourth-order valence-corrected chi connectivity index (χ4v) is 3.09. The Morgan fingerprint density at radius 3 is 3.06 bits per heavy atom. The molecule has 4 nitrogen and oxygen atoms in total. The molecule has 1 fully saturated rings. The number of para-hydroxylation sites is 1. The zero-order chi connectivity index (χ0) is 12.8. The number of thioether (sulfide) groups is 1. The van der Waals surface area contributed by atoms with Gasteiger partial charge < -0.3 is 9.47 Å². The molecule has 1 aliphatic heterocycles. The van der Waals surface area contributed by atoms with E-state index in [0.717, 1.165) is 35.8 Å². The summed E-state index contributed by atoms with van der Waals surface area (Å²) in [6.07, 6.45) is 0.977. The highest BCUT2D eigenvalue weighted by Crippen LogP contribution is 2.22. The Labute approximate surface area is 112 Å². The maximum atomic E-state index is 5.77. The first-order chi connectivity index (χ1) is 8.85. The van der Waals surface area contributed by atoms with E-state index in [2.05, 4.69) is 11.5 Å². The fourth-order valence-electron chi connectivity index (χ4n) is 2.14. The predicted octanol–water partition coefficient (Wildman–Crippen LogP) is 1.20. The molecular formula is C13H20N2O2S. The number of hydrogen-bond donors (Lipinski definition) is 2. The number of hydrogen-bond acceptors (Lipinski definition) is 5. The molecule has 1 aliphatic rings. The van der Waals surface area contributed by atoms with Gasteiger partial charge in [-0.3, -0.25) is 11.3 Å². The second kappa shape index (κ2) is 6.99. The quantitative estimate of drug-likeness (QED) is 0.621. The molecule has 100 valence electrons. The third-order valence-electron chi connectivity index (χ3n) is 3.14. The molecule has 0 spiro atoms. The molecule has 1 aromatic carbocycles. The van der Waals surface area contributed by atoms with Gasteiger partial charge in [-0.15, -0.1) is 0 Å². The molecule has 0 amide bonds. The highest BCUT2D eigenvalue weighted by atomic mass is 32.2. The Morgan fingerprint density at radius 1 is 1.56 bits per heavy atom. The lowest BCUT2D eigenvalue weighted by atomic mass is 10.0. The molecule has 3 N–H and O–H groups in total. The summed E-state index contributed by atoms with van der Waals surface area (Å²) in [5.41, 5.74) is 4.03. The van der Waals surface area contributed by atoms with E-state index in [-0.39, 0.29) is 12.1 Å². The first kappa shape index (κ1) is 13.7. The van der Waals surface area contributed by atoms with Crippen molar-refractivity contribution in [2.75, 3.05) is 25.2 Å². The van der Waals surface area contributed by atoms with Crippen LogP contribution in [0.3, 0.4) is 0 Å². The van der Waals surface area contributed by atoms with Gasteiger partial charge in [0, 0.05) is 11.5 Å². The van der Waals surface area contributed by atoms with E-state index in [4.69, 9.17) is 15.3 Å². The van der Waals surface area contributed by atoms with E-state index >= 15 is 0 Å². The molecule has 2 rings (SSSR count). The third kappa shape index (κ3) is 3.38. The Kier molecular flexibility index (Phi) is 5.31. The van der Waals surface area contributed by atoms with Crippen molar-refractivity contribution in [1.82, 2.24) is 5.43 Å². The molecule has 0 bridgehead atoms. The van der Waals surface area contributed by atoms with E-state index in [1.54, 1.807) is 7.11 Å². The summed E-state index contributed by atoms with van der Waals surface area (Å²) >= 11 is 1.92. The van der Waals surface area contributed by atoms with Crippen LogP contribution >= 0.6 is 11.8 Å². The zero-order valence-corrected chi connectivity index (χ0v) is 11.4. The van der Waals surface area contributed by atoms with Crippen molar-refractivity contribution in [3.8, 4) is 5.75 Å². The molecule has 2 unspecified atom stereocenters. The molecule has 0 saturated carbocycles. The third-order valence-corrected chi connectivity index (χ3v) is 4.16. The fraction of sp³-hybridized carbons (Fsp3) is 0.538. The minimum absolute atomic E-state index is 0.120. The van der Waals surface area contributed by atoms with Crippen molar-refractivity contribution in [3.05, 3.63) is 29.8 Å². The number of benzene rings is 1. The molecule has 5 heteroatoms. The van der Waals surface area contributed by atoms with Crippen LogP contribution in [0.15, 0.2) is 24.3 Å². The van der Waals surface area contributed by atoms with Gasteiger partial charge in [-0.2, -0.15) is 11.8 Å². The Hall–Kier alpha value is -0.750. The van der Waals surface area contributed by atoms with Gasteiger partial charge in [-0.1, -0.05) is 18.2 Å². The average molecular weight is 268 g/mol. The molecule has 2 atom stereocenters. The van der Waals surface area contributed by atoms with Crippen LogP contribution in [-0.4, -0.2) is 37.4 Å². The highest BCUT2D eigenvalue weighted by molar-refractivity contribution is 7.99. The average Bonchev–Trinajstić information content (AvgIpc) is 2.46. The standard InChI is InChI=1S/C13H20N2O2S/c1-16-12-5-3-2-4-10(12)8-11(15-14)13-9-18-7-6-17-13/h2-5,11,13,15H,6-9,14H2,1H3. The van der Waals surface area contributed by atoms with Gasteiger partial charge in [-0.25, -0.2) is 0 Å². The predicted molar refractivity (Wildman–Crippen MR) is 74.9 cm³/mol. The van der Waals surface area contributed by atoms with E-state index in [0.29, 0.717) is 0 Å². The van der Waals surface area contributed by atoms with Crippen LogP contribution in [0.4, 0.5) is 0 Å². The summed E-state index contributed by atoms with van der Waals surface area (Å²) in [5, 5.41) is 0. The topological polar surface area (TPSA) is 56.5 Å². The Morgan fingerprint density at radius 2 is 2.39 bits per heavy atom. The lowest BCUT2D eigenvalue weighted by Gasteiger charge is -2.30. The first-order valence-corrected chi connectivity index (χ1v) is 7.28. The summed E-state index contributed by atoms with van der Waals surface area (Å²) < 4.78 is 11.1. The van der Waals surface area contributed by atoms with E-state index < -0.39 is 0 Å². The van der Waals surface area contributed by atoms with Gasteiger partial charge in [0.1, 0.15) is 5.75 Å². The van der Waals surface area contributed by atoms with Crippen molar-refractivity contribution in [2.45, 2.75) is 18.6 Å². The van der Waals surface area contributed by atoms with E-state index in [1.165, 1.54) is 0 Å². The largest absolute Gasteiger partial charge is 0.496 e. The Balaban J connectivity index is 2.04.